The van der Waals surface area contributed by atoms with Gasteiger partial charge in [0.1, 0.15) is 8.07 Å². The molecule has 1 nitrogen and oxygen atoms in total. The highest BCUT2D eigenvalue weighted by Crippen LogP contribution is 2.47. The van der Waals surface area contributed by atoms with Crippen LogP contribution >= 0.6 is 0 Å². The van der Waals surface area contributed by atoms with Crippen molar-refractivity contribution in [3.63, 3.8) is 0 Å². The van der Waals surface area contributed by atoms with Gasteiger partial charge < -0.3 is 5.11 Å². The molecule has 0 spiro atoms. The smallest absolute Gasteiger partial charge is 0.129 e. The summed E-state index contributed by atoms with van der Waals surface area (Å²) in [4.78, 5) is 0. The minimum absolute atomic E-state index is 0.0378. The third-order valence-electron chi connectivity index (χ3n) is 6.38. The Hall–Kier alpha value is -1.53. The molecule has 3 heteroatoms. The molecule has 0 aliphatic heterocycles. The van der Waals surface area contributed by atoms with Crippen LogP contribution in [0.4, 0.5) is 0 Å². The highest BCUT2D eigenvalue weighted by molar-refractivity contribution is 6.85. The second kappa shape index (κ2) is 9.09. The number of aliphatic hydroxyl groups is 1. The first-order valence-corrected chi connectivity index (χ1v) is 17.4. The van der Waals surface area contributed by atoms with Crippen molar-refractivity contribution in [2.45, 2.75) is 89.5 Å². The Kier molecular flexibility index (Phi) is 7.44. The van der Waals surface area contributed by atoms with Crippen LogP contribution in [0, 0.1) is 23.3 Å². The number of hydrogen-bond donors (Lipinski definition) is 1. The summed E-state index contributed by atoms with van der Waals surface area (Å²) >= 11 is 0. The minimum atomic E-state index is -1.86. The number of rotatable bonds is 3. The topological polar surface area (TPSA) is 20.2 Å². The van der Waals surface area contributed by atoms with Gasteiger partial charge in [-0.25, -0.2) is 0 Å². The Balaban J connectivity index is 2.47. The molecule has 0 unspecified atom stereocenters. The van der Waals surface area contributed by atoms with Gasteiger partial charge in [-0.15, -0.1) is 11.5 Å². The van der Waals surface area contributed by atoms with Gasteiger partial charge in [-0.2, -0.15) is 0 Å². The summed E-state index contributed by atoms with van der Waals surface area (Å²) < 4.78 is 0. The van der Waals surface area contributed by atoms with Crippen molar-refractivity contribution in [2.75, 3.05) is 0 Å². The molecule has 0 fully saturated rings. The van der Waals surface area contributed by atoms with E-state index >= 15 is 0 Å². The zero-order valence-corrected chi connectivity index (χ0v) is 21.6. The number of aliphatic hydroxyl groups excluding tert-OH is 1. The molecule has 29 heavy (non-hydrogen) atoms. The van der Waals surface area contributed by atoms with Crippen LogP contribution in [-0.4, -0.2) is 27.4 Å². The Labute approximate surface area is 181 Å². The lowest BCUT2D eigenvalue weighted by molar-refractivity contribution is 0.209. The van der Waals surface area contributed by atoms with Crippen LogP contribution in [0.5, 0.6) is 0 Å². The SMILES string of the molecule is CC(C)(C)[Si](C)(C)[C@H](C#C[Si](C)(C)C)[C@@H](O)C1=C(C#Cc2ccccc2)CCC1. The van der Waals surface area contributed by atoms with E-state index in [4.69, 9.17) is 0 Å². The van der Waals surface area contributed by atoms with Crippen LogP contribution in [0.15, 0.2) is 41.5 Å². The van der Waals surface area contributed by atoms with Crippen LogP contribution in [0.3, 0.4) is 0 Å². The fraction of sp³-hybridized carbons (Fsp3) is 0.538. The minimum Gasteiger partial charge on any atom is -0.388 e. The second-order valence-electron chi connectivity index (χ2n) is 10.9. The van der Waals surface area contributed by atoms with Crippen molar-refractivity contribution in [1.29, 1.82) is 0 Å². The van der Waals surface area contributed by atoms with E-state index in [0.29, 0.717) is 0 Å². The Morgan fingerprint density at radius 3 is 2.10 bits per heavy atom. The Bertz CT molecular complexity index is 859. The van der Waals surface area contributed by atoms with E-state index in [1.807, 2.05) is 30.3 Å². The van der Waals surface area contributed by atoms with Gasteiger partial charge in [-0.3, -0.25) is 0 Å². The summed E-state index contributed by atoms with van der Waals surface area (Å²) in [5.41, 5.74) is 6.93. The first kappa shape index (κ1) is 23.7. The van der Waals surface area contributed by atoms with E-state index < -0.39 is 22.3 Å². The van der Waals surface area contributed by atoms with Gasteiger partial charge in [0.25, 0.3) is 0 Å². The molecule has 1 aliphatic rings. The van der Waals surface area contributed by atoms with Gasteiger partial charge >= 0.3 is 0 Å². The summed E-state index contributed by atoms with van der Waals surface area (Å²) in [6, 6.07) is 10.1. The zero-order valence-electron chi connectivity index (χ0n) is 19.6. The van der Waals surface area contributed by atoms with Crippen molar-refractivity contribution >= 4 is 16.1 Å². The Morgan fingerprint density at radius 2 is 1.55 bits per heavy atom. The lowest BCUT2D eigenvalue weighted by Crippen LogP contribution is -2.47. The van der Waals surface area contributed by atoms with Crippen LogP contribution in [0.25, 0.3) is 0 Å². The van der Waals surface area contributed by atoms with Crippen LogP contribution in [0.1, 0.15) is 45.6 Å². The maximum absolute atomic E-state index is 11.6. The monoisotopic (exact) mass is 422 g/mol. The molecule has 0 radical (unpaired) electrons. The maximum Gasteiger partial charge on any atom is 0.129 e. The molecule has 0 saturated heterocycles. The fourth-order valence-corrected chi connectivity index (χ4v) is 6.61. The summed E-state index contributed by atoms with van der Waals surface area (Å²) in [7, 11) is -3.38. The van der Waals surface area contributed by atoms with E-state index in [2.05, 4.69) is 76.8 Å². The van der Waals surface area contributed by atoms with Gasteiger partial charge in [0.05, 0.1) is 14.2 Å². The summed E-state index contributed by atoms with van der Waals surface area (Å²) in [5, 5.41) is 11.8. The Morgan fingerprint density at radius 1 is 0.931 bits per heavy atom. The fourth-order valence-electron chi connectivity index (χ4n) is 3.52. The molecule has 1 aromatic rings. The highest BCUT2D eigenvalue weighted by atomic mass is 28.3. The molecule has 156 valence electrons. The van der Waals surface area contributed by atoms with E-state index in [0.717, 1.165) is 36.0 Å². The first-order valence-electron chi connectivity index (χ1n) is 10.8. The van der Waals surface area contributed by atoms with Crippen LogP contribution in [0.2, 0.25) is 43.3 Å². The molecule has 1 aliphatic carbocycles. The maximum atomic E-state index is 11.6. The van der Waals surface area contributed by atoms with Crippen LogP contribution in [-0.2, 0) is 0 Å². The second-order valence-corrected chi connectivity index (χ2v) is 21.2. The lowest BCUT2D eigenvalue weighted by Gasteiger charge is -2.43. The zero-order chi connectivity index (χ0) is 21.9. The van der Waals surface area contributed by atoms with E-state index in [9.17, 15) is 5.11 Å². The summed E-state index contributed by atoms with van der Waals surface area (Å²) in [6.07, 6.45) is 2.50. The molecule has 1 N–H and O–H groups in total. The van der Waals surface area contributed by atoms with E-state index in [1.165, 1.54) is 0 Å². The van der Waals surface area contributed by atoms with Crippen LogP contribution < -0.4 is 0 Å². The van der Waals surface area contributed by atoms with Crippen molar-refractivity contribution in [1.82, 2.24) is 0 Å². The quantitative estimate of drug-likeness (QED) is 0.427. The third kappa shape index (κ3) is 6.22. The number of benzene rings is 1. The first-order chi connectivity index (χ1) is 13.3. The molecule has 0 amide bonds. The van der Waals surface area contributed by atoms with Crippen molar-refractivity contribution < 1.29 is 5.11 Å². The standard InChI is InChI=1S/C26H38OSi2/c1-26(2,3)29(7,8)24(19-20-28(4,5)6)25(27)23-16-12-15-22(23)18-17-21-13-10-9-11-14-21/h9-11,13-14,24-25,27H,12,15-16H2,1-8H3/t24-,25+/m1/s1. The van der Waals surface area contributed by atoms with Crippen molar-refractivity contribution in [3.05, 3.63) is 47.0 Å². The molecule has 0 heterocycles. The predicted octanol–water partition coefficient (Wildman–Crippen LogP) is 6.64. The largest absolute Gasteiger partial charge is 0.388 e. The predicted molar refractivity (Wildman–Crippen MR) is 132 cm³/mol. The third-order valence-corrected chi connectivity index (χ3v) is 13.2. The number of hydrogen-bond acceptors (Lipinski definition) is 1. The van der Waals surface area contributed by atoms with Gasteiger partial charge in [-0.1, -0.05) is 83.5 Å². The van der Waals surface area contributed by atoms with Gasteiger partial charge in [0, 0.05) is 16.7 Å². The summed E-state index contributed by atoms with van der Waals surface area (Å²) in [6.45, 7) is 18.6. The van der Waals surface area contributed by atoms with Crippen molar-refractivity contribution in [2.24, 2.45) is 0 Å². The lowest BCUT2D eigenvalue weighted by atomic mass is 10.0. The van der Waals surface area contributed by atoms with Gasteiger partial charge in [0.15, 0.2) is 0 Å². The van der Waals surface area contributed by atoms with Gasteiger partial charge in [-0.05, 0) is 42.0 Å². The molecule has 2 atom stereocenters. The summed E-state index contributed by atoms with van der Waals surface area (Å²) in [5.74, 6) is 10.3. The van der Waals surface area contributed by atoms with Crippen molar-refractivity contribution in [3.8, 4) is 23.3 Å². The van der Waals surface area contributed by atoms with E-state index in [-0.39, 0.29) is 10.6 Å². The molecule has 0 saturated carbocycles. The molecule has 0 bridgehead atoms. The average molecular weight is 423 g/mol. The molecule has 0 aromatic heterocycles. The molecular weight excluding hydrogens is 384 g/mol. The van der Waals surface area contributed by atoms with Gasteiger partial charge in [0.2, 0.25) is 0 Å². The molecule has 2 rings (SSSR count). The van der Waals surface area contributed by atoms with E-state index in [1.54, 1.807) is 0 Å². The molecule has 1 aromatic carbocycles. The average Bonchev–Trinajstić information content (AvgIpc) is 3.07. The number of allylic oxidation sites excluding steroid dienone is 1. The normalized spacial score (nSPS) is 17.1. The highest BCUT2D eigenvalue weighted by Gasteiger charge is 2.46. The molecular formula is C26H38OSi2.